The Morgan fingerprint density at radius 3 is 1.32 bits per heavy atom. The second kappa shape index (κ2) is 19.0. The van der Waals surface area contributed by atoms with Crippen LogP contribution < -0.4 is 5.32 Å². The van der Waals surface area contributed by atoms with Crippen molar-refractivity contribution in [3.05, 3.63) is 106 Å². The molecule has 5 aliphatic rings. The van der Waals surface area contributed by atoms with Crippen LogP contribution in [0, 0.1) is 0 Å². The summed E-state index contributed by atoms with van der Waals surface area (Å²) in [6, 6.07) is 20.2. The highest BCUT2D eigenvalue weighted by molar-refractivity contribution is 14.1. The summed E-state index contributed by atoms with van der Waals surface area (Å²) in [6.07, 6.45) is -0.437. The normalized spacial score (nSPS) is 19.0. The molecule has 2 saturated heterocycles. The first-order valence-corrected chi connectivity index (χ1v) is 18.1. The summed E-state index contributed by atoms with van der Waals surface area (Å²) in [5.41, 5.74) is 2.71. The molecule has 0 aliphatic carbocycles. The zero-order valence-corrected chi connectivity index (χ0v) is 29.8. The summed E-state index contributed by atoms with van der Waals surface area (Å²) in [4.78, 5) is 73.4. The van der Waals surface area contributed by atoms with Gasteiger partial charge in [0.25, 0.3) is 35.4 Å². The van der Waals surface area contributed by atoms with E-state index in [1.165, 1.54) is 4.90 Å². The number of rotatable bonds is 6. The maximum atomic E-state index is 11.8. The summed E-state index contributed by atoms with van der Waals surface area (Å²) in [5, 5.41) is 11.6. The third kappa shape index (κ3) is 9.95. The van der Waals surface area contributed by atoms with E-state index in [2.05, 4.69) is 27.9 Å². The second-order valence-corrected chi connectivity index (χ2v) is 11.4. The van der Waals surface area contributed by atoms with Crippen LogP contribution >= 0.6 is 45.8 Å². The minimum Gasteiger partial charge on any atom is -0.390 e. The van der Waals surface area contributed by atoms with Gasteiger partial charge < -0.3 is 14.6 Å². The van der Waals surface area contributed by atoms with Crippen LogP contribution in [0.15, 0.2) is 72.8 Å². The molecule has 2 N–H and O–H groups in total. The molecular weight excluding hydrogens is 804 g/mol. The smallest absolute Gasteiger partial charge is 0.261 e. The highest BCUT2D eigenvalue weighted by Crippen LogP contribution is 2.25. The minimum atomic E-state index is -0.885. The molecule has 2 fully saturated rings. The standard InChI is InChI=1S/C11H10ClNO3.C11H9NO3.C8H5NO2.C3H5ClO.CH3I.CH4/c12-5-7(14)6-13-10(15)8-3-1-2-4-9(8)11(13)16;13-10-8-3-1-2-4-9(8)11(14)12(10)5-7-6-15-7;10-7-5-3-1-2-4-6(5)8(11)9-7;4-1-3-2-5-3;1-2;/h1-4,7,14H,5-6H2;1-4,7H,5-6H2;1-4H,(H,9,10,11);3H,1-2H2;1H3;1H4/t2*7-;;3-;;/m11.0../s1. The average molecular weight is 840 g/mol. The first-order chi connectivity index (χ1) is 23.6. The molecule has 0 bridgehead atoms. The van der Waals surface area contributed by atoms with Crippen LogP contribution in [-0.4, -0.2) is 112 Å². The molecule has 8 rings (SSSR count). The van der Waals surface area contributed by atoms with E-state index in [0.29, 0.717) is 58.5 Å². The van der Waals surface area contributed by atoms with Crippen molar-refractivity contribution in [3.63, 3.8) is 0 Å². The number of β-amino-alcohol motifs (C(OH)–C–C–N with tert-alkyl or cyclic N) is 1. The van der Waals surface area contributed by atoms with Crippen molar-refractivity contribution in [1.82, 2.24) is 15.1 Å². The van der Waals surface area contributed by atoms with Crippen LogP contribution in [0.25, 0.3) is 0 Å². The molecule has 3 atom stereocenters. The first kappa shape index (κ1) is 40.7. The lowest BCUT2D eigenvalue weighted by Gasteiger charge is -2.16. The zero-order valence-electron chi connectivity index (χ0n) is 26.1. The summed E-state index contributed by atoms with van der Waals surface area (Å²) >= 11 is 12.9. The summed E-state index contributed by atoms with van der Waals surface area (Å²) in [7, 11) is 0. The molecule has 266 valence electrons. The number of carbonyl (C=O) groups is 6. The third-order valence-corrected chi connectivity index (χ3v) is 8.03. The third-order valence-electron chi connectivity index (χ3n) is 7.33. The molecule has 3 aromatic rings. The van der Waals surface area contributed by atoms with Gasteiger partial charge in [-0.2, -0.15) is 0 Å². The Balaban J connectivity index is 0.000000185. The maximum Gasteiger partial charge on any atom is 0.261 e. The summed E-state index contributed by atoms with van der Waals surface area (Å²) in [5.74, 6) is -1.09. The van der Waals surface area contributed by atoms with E-state index in [1.54, 1.807) is 72.8 Å². The van der Waals surface area contributed by atoms with E-state index in [1.807, 2.05) is 4.93 Å². The second-order valence-electron chi connectivity index (χ2n) is 10.7. The Kier molecular flexibility index (Phi) is 15.5. The van der Waals surface area contributed by atoms with E-state index in [9.17, 15) is 33.9 Å². The van der Waals surface area contributed by atoms with Crippen LogP contribution in [0.2, 0.25) is 0 Å². The predicted octanol–water partition coefficient (Wildman–Crippen LogP) is 4.45. The molecule has 3 aromatic carbocycles. The quantitative estimate of drug-likeness (QED) is 0.158. The number of nitrogens with zero attached hydrogens (tertiary/aromatic N) is 2. The number of epoxide rings is 2. The van der Waals surface area contributed by atoms with E-state index in [0.717, 1.165) is 11.5 Å². The van der Waals surface area contributed by atoms with Gasteiger partial charge in [0.1, 0.15) is 0 Å². The minimum absolute atomic E-state index is 0. The molecule has 12 nitrogen and oxygen atoms in total. The lowest BCUT2D eigenvalue weighted by molar-refractivity contribution is 0.0564. The Labute approximate surface area is 313 Å². The van der Waals surface area contributed by atoms with Crippen LogP contribution in [0.1, 0.15) is 69.6 Å². The van der Waals surface area contributed by atoms with Crippen LogP contribution in [-0.2, 0) is 9.47 Å². The lowest BCUT2D eigenvalue weighted by Crippen LogP contribution is -2.37. The van der Waals surface area contributed by atoms with Crippen molar-refractivity contribution >= 4 is 81.2 Å². The number of fused-ring (bicyclic) bond motifs is 3. The van der Waals surface area contributed by atoms with E-state index in [-0.39, 0.29) is 61.4 Å². The predicted molar refractivity (Wildman–Crippen MR) is 195 cm³/mol. The number of amides is 6. The number of carbonyl (C=O) groups excluding carboxylic acids is 6. The molecule has 0 aromatic heterocycles. The fourth-order valence-corrected chi connectivity index (χ4v) is 5.00. The molecule has 0 unspecified atom stereocenters. The Hall–Kier alpha value is -3.73. The van der Waals surface area contributed by atoms with E-state index in [4.69, 9.17) is 32.7 Å². The Morgan fingerprint density at radius 2 is 1.02 bits per heavy atom. The zero-order chi connectivity index (χ0) is 35.7. The first-order valence-electron chi connectivity index (χ1n) is 14.9. The monoisotopic (exact) mass is 839 g/mol. The van der Waals surface area contributed by atoms with Crippen molar-refractivity contribution in [2.24, 2.45) is 0 Å². The molecule has 15 heteroatoms. The summed E-state index contributed by atoms with van der Waals surface area (Å²) in [6.45, 7) is 1.85. The largest absolute Gasteiger partial charge is 0.390 e. The van der Waals surface area contributed by atoms with Gasteiger partial charge in [0.15, 0.2) is 0 Å². The van der Waals surface area contributed by atoms with Gasteiger partial charge in [-0.25, -0.2) is 0 Å². The van der Waals surface area contributed by atoms with Crippen LogP contribution in [0.5, 0.6) is 0 Å². The van der Waals surface area contributed by atoms with Gasteiger partial charge in [-0.15, -0.1) is 23.2 Å². The van der Waals surface area contributed by atoms with Gasteiger partial charge in [0.05, 0.1) is 89.8 Å². The van der Waals surface area contributed by atoms with Gasteiger partial charge in [-0.3, -0.25) is 43.9 Å². The van der Waals surface area contributed by atoms with Crippen molar-refractivity contribution in [2.45, 2.75) is 25.7 Å². The molecule has 6 amide bonds. The Morgan fingerprint density at radius 1 is 0.680 bits per heavy atom. The highest BCUT2D eigenvalue weighted by atomic mass is 127. The number of ether oxygens (including phenoxy) is 2. The van der Waals surface area contributed by atoms with Crippen LogP contribution in [0.4, 0.5) is 0 Å². The molecule has 0 saturated carbocycles. The van der Waals surface area contributed by atoms with Crippen molar-refractivity contribution < 1.29 is 43.3 Å². The van der Waals surface area contributed by atoms with E-state index >= 15 is 0 Å². The van der Waals surface area contributed by atoms with Gasteiger partial charge >= 0.3 is 0 Å². The number of alkyl halides is 3. The van der Waals surface area contributed by atoms with Gasteiger partial charge in [-0.1, -0.05) is 66.4 Å². The number of nitrogens with one attached hydrogen (secondary N) is 1. The summed E-state index contributed by atoms with van der Waals surface area (Å²) < 4.78 is 9.75. The maximum absolute atomic E-state index is 11.8. The number of imide groups is 3. The molecule has 0 spiro atoms. The SMILES string of the molecule is C.CI.ClC[C@H]1CO1.O=C1NC(=O)c2ccccc21.O=C1c2ccccc2C(=O)N1C[C@@H]1CO1.O=C1c2ccccc2C(=O)N1C[C@H](O)CCl. The number of hydrogen-bond donors (Lipinski definition) is 2. The number of aliphatic hydroxyl groups excluding tert-OH is 1. The van der Waals surface area contributed by atoms with Gasteiger partial charge in [0.2, 0.25) is 0 Å². The van der Waals surface area contributed by atoms with Gasteiger partial charge in [0, 0.05) is 0 Å². The van der Waals surface area contributed by atoms with Crippen LogP contribution in [0.3, 0.4) is 0 Å². The van der Waals surface area contributed by atoms with E-state index < -0.39 is 6.10 Å². The molecule has 5 heterocycles. The van der Waals surface area contributed by atoms with Gasteiger partial charge in [-0.05, 0) is 41.3 Å². The fourth-order valence-electron chi connectivity index (χ4n) is 4.72. The topological polar surface area (TPSA) is 166 Å². The number of benzene rings is 3. The van der Waals surface area contributed by atoms with Crippen molar-refractivity contribution in [2.75, 3.05) is 43.0 Å². The fraction of sp³-hybridized carbons (Fsp3) is 0.314. The number of hydrogen-bond acceptors (Lipinski definition) is 9. The highest BCUT2D eigenvalue weighted by Gasteiger charge is 2.39. The Bertz CT molecular complexity index is 1630. The molecular formula is C35H36Cl2IN3O9. The number of halogens is 3. The molecule has 5 aliphatic heterocycles. The molecule has 50 heavy (non-hydrogen) atoms. The van der Waals surface area contributed by atoms with Crippen molar-refractivity contribution in [3.8, 4) is 0 Å². The number of aliphatic hydroxyl groups is 1. The molecule has 0 radical (unpaired) electrons. The van der Waals surface area contributed by atoms with Crippen molar-refractivity contribution in [1.29, 1.82) is 0 Å². The lowest BCUT2D eigenvalue weighted by atomic mass is 10.1. The average Bonchev–Trinajstić information content (AvgIpc) is 4.08.